The molecular formula is C17H15BrN2O2S. The fourth-order valence-corrected chi connectivity index (χ4v) is 3.77. The summed E-state index contributed by atoms with van der Waals surface area (Å²) in [6.45, 7) is 3.95. The molecule has 0 unspecified atom stereocenters. The summed E-state index contributed by atoms with van der Waals surface area (Å²) >= 11 is 4.99. The molecule has 2 heterocycles. The van der Waals surface area contributed by atoms with Gasteiger partial charge < -0.3 is 9.72 Å². The molecule has 0 amide bonds. The molecule has 0 spiro atoms. The minimum atomic E-state index is -0.0993. The number of fused-ring (bicyclic) bond motifs is 1. The maximum absolute atomic E-state index is 12.3. The van der Waals surface area contributed by atoms with Gasteiger partial charge in [-0.05, 0) is 49.8 Å². The van der Waals surface area contributed by atoms with Crippen molar-refractivity contribution in [3.63, 3.8) is 0 Å². The molecule has 23 heavy (non-hydrogen) atoms. The Morgan fingerprint density at radius 1 is 1.30 bits per heavy atom. The molecule has 0 fully saturated rings. The Hall–Kier alpha value is -1.92. The molecule has 0 aliphatic rings. The van der Waals surface area contributed by atoms with Crippen LogP contribution in [0.3, 0.4) is 0 Å². The van der Waals surface area contributed by atoms with Crippen molar-refractivity contribution in [2.45, 2.75) is 13.8 Å². The van der Waals surface area contributed by atoms with Crippen LogP contribution in [0.2, 0.25) is 0 Å². The van der Waals surface area contributed by atoms with Gasteiger partial charge in [-0.2, -0.15) is 0 Å². The van der Waals surface area contributed by atoms with E-state index in [4.69, 9.17) is 4.74 Å². The topological polar surface area (TPSA) is 55.0 Å². The summed E-state index contributed by atoms with van der Waals surface area (Å²) in [5.41, 5.74) is 1.81. The first-order chi connectivity index (χ1) is 11.0. The Balaban J connectivity index is 2.05. The van der Waals surface area contributed by atoms with E-state index in [9.17, 15) is 4.79 Å². The van der Waals surface area contributed by atoms with Crippen LogP contribution in [0.1, 0.15) is 21.8 Å². The molecule has 2 aromatic heterocycles. The molecule has 1 aromatic carbocycles. The van der Waals surface area contributed by atoms with E-state index in [1.165, 1.54) is 0 Å². The number of nitrogens with zero attached hydrogens (tertiary/aromatic N) is 1. The van der Waals surface area contributed by atoms with E-state index in [1.54, 1.807) is 24.5 Å². The van der Waals surface area contributed by atoms with E-state index in [2.05, 4.69) is 25.9 Å². The van der Waals surface area contributed by atoms with Crippen LogP contribution < -0.4 is 10.3 Å². The van der Waals surface area contributed by atoms with Crippen LogP contribution in [0.5, 0.6) is 5.75 Å². The van der Waals surface area contributed by atoms with Gasteiger partial charge in [0.1, 0.15) is 16.4 Å². The van der Waals surface area contributed by atoms with Crippen molar-refractivity contribution in [1.29, 1.82) is 0 Å². The molecule has 4 nitrogen and oxygen atoms in total. The smallest absolute Gasteiger partial charge is 0.260 e. The highest BCUT2D eigenvalue weighted by molar-refractivity contribution is 9.10. The highest BCUT2D eigenvalue weighted by atomic mass is 79.9. The summed E-state index contributed by atoms with van der Waals surface area (Å²) in [5, 5.41) is 0.685. The first-order valence-corrected chi connectivity index (χ1v) is 8.62. The van der Waals surface area contributed by atoms with Crippen LogP contribution >= 0.6 is 27.3 Å². The van der Waals surface area contributed by atoms with E-state index < -0.39 is 0 Å². The van der Waals surface area contributed by atoms with Crippen molar-refractivity contribution in [3.05, 3.63) is 54.9 Å². The van der Waals surface area contributed by atoms with Gasteiger partial charge in [0.2, 0.25) is 0 Å². The predicted octanol–water partition coefficient (Wildman–Crippen LogP) is 4.54. The second-order valence-electron chi connectivity index (χ2n) is 5.13. The molecule has 0 saturated carbocycles. The fourth-order valence-electron chi connectivity index (χ4n) is 2.35. The number of aryl methyl sites for hydroxylation is 2. The molecular weight excluding hydrogens is 376 g/mol. The fraction of sp³-hybridized carbons (Fsp3) is 0.176. The molecule has 0 aliphatic carbocycles. The number of halogens is 1. The van der Waals surface area contributed by atoms with Gasteiger partial charge in [0.05, 0.1) is 12.5 Å². The lowest BCUT2D eigenvalue weighted by atomic mass is 10.2. The minimum Gasteiger partial charge on any atom is -0.496 e. The zero-order valence-electron chi connectivity index (χ0n) is 12.9. The van der Waals surface area contributed by atoms with Gasteiger partial charge in [0.25, 0.3) is 5.56 Å². The lowest BCUT2D eigenvalue weighted by Crippen LogP contribution is -2.09. The van der Waals surface area contributed by atoms with E-state index in [0.29, 0.717) is 11.2 Å². The third kappa shape index (κ3) is 3.09. The third-order valence-electron chi connectivity index (χ3n) is 3.67. The number of benzene rings is 1. The van der Waals surface area contributed by atoms with E-state index in [1.807, 2.05) is 38.1 Å². The van der Waals surface area contributed by atoms with Gasteiger partial charge in [-0.25, -0.2) is 4.98 Å². The monoisotopic (exact) mass is 390 g/mol. The van der Waals surface area contributed by atoms with Crippen molar-refractivity contribution in [3.8, 4) is 5.75 Å². The van der Waals surface area contributed by atoms with Crippen LogP contribution in [-0.4, -0.2) is 17.1 Å². The number of methoxy groups -OCH3 is 1. The van der Waals surface area contributed by atoms with Gasteiger partial charge in [-0.1, -0.05) is 15.9 Å². The number of aromatic nitrogens is 2. The van der Waals surface area contributed by atoms with Gasteiger partial charge in [-0.15, -0.1) is 11.3 Å². The number of hydrogen-bond acceptors (Lipinski definition) is 4. The van der Waals surface area contributed by atoms with Crippen molar-refractivity contribution < 1.29 is 4.74 Å². The van der Waals surface area contributed by atoms with Crippen LogP contribution in [0.25, 0.3) is 22.4 Å². The normalized spacial score (nSPS) is 11.5. The lowest BCUT2D eigenvalue weighted by molar-refractivity contribution is 0.414. The minimum absolute atomic E-state index is 0.0993. The number of H-pyrrole nitrogens is 1. The molecule has 0 bridgehead atoms. The van der Waals surface area contributed by atoms with E-state index in [-0.39, 0.29) is 5.56 Å². The highest BCUT2D eigenvalue weighted by Crippen LogP contribution is 2.27. The summed E-state index contributed by atoms with van der Waals surface area (Å²) in [4.78, 5) is 21.5. The van der Waals surface area contributed by atoms with Gasteiger partial charge in [0, 0.05) is 14.9 Å². The maximum atomic E-state index is 12.3. The van der Waals surface area contributed by atoms with E-state index >= 15 is 0 Å². The van der Waals surface area contributed by atoms with Crippen LogP contribution in [-0.2, 0) is 0 Å². The molecule has 0 radical (unpaired) electrons. The predicted molar refractivity (Wildman–Crippen MR) is 99.3 cm³/mol. The molecule has 1 N–H and O–H groups in total. The number of aromatic amines is 1. The van der Waals surface area contributed by atoms with Gasteiger partial charge in [0.15, 0.2) is 0 Å². The van der Waals surface area contributed by atoms with Crippen molar-refractivity contribution >= 4 is 49.6 Å². The van der Waals surface area contributed by atoms with Gasteiger partial charge in [-0.3, -0.25) is 4.79 Å². The molecule has 118 valence electrons. The summed E-state index contributed by atoms with van der Waals surface area (Å²) in [7, 11) is 1.63. The number of ether oxygens (including phenoxy) is 1. The van der Waals surface area contributed by atoms with Crippen LogP contribution in [0.4, 0.5) is 0 Å². The number of thiophene rings is 1. The second kappa shape index (κ2) is 6.29. The summed E-state index contributed by atoms with van der Waals surface area (Å²) in [6, 6.07) is 5.75. The Labute approximate surface area is 146 Å². The average molecular weight is 391 g/mol. The van der Waals surface area contributed by atoms with Crippen LogP contribution in [0.15, 0.2) is 27.5 Å². The quantitative estimate of drug-likeness (QED) is 0.713. The summed E-state index contributed by atoms with van der Waals surface area (Å²) in [6.07, 6.45) is 3.66. The molecule has 3 rings (SSSR count). The molecule has 3 aromatic rings. The zero-order valence-corrected chi connectivity index (χ0v) is 15.3. The Morgan fingerprint density at radius 2 is 2.09 bits per heavy atom. The maximum Gasteiger partial charge on any atom is 0.260 e. The Bertz CT molecular complexity index is 973. The first-order valence-electron chi connectivity index (χ1n) is 7.01. The molecule has 0 atom stereocenters. The van der Waals surface area contributed by atoms with Crippen molar-refractivity contribution in [2.24, 2.45) is 0 Å². The van der Waals surface area contributed by atoms with Crippen molar-refractivity contribution in [2.75, 3.05) is 7.11 Å². The number of nitrogens with one attached hydrogen (secondary N) is 1. The second-order valence-corrected chi connectivity index (χ2v) is 7.25. The van der Waals surface area contributed by atoms with E-state index in [0.717, 1.165) is 31.1 Å². The standard InChI is InChI=1S/C17H15BrN2O2S/c1-9-10(2)23-17-15(9)16(21)19-14(20-17)7-4-11-8-12(18)5-6-13(11)22-3/h4-8H,1-3H3,(H,19,20,21)/b7-4+. The number of rotatable bonds is 3. The molecule has 0 saturated heterocycles. The average Bonchev–Trinajstić information content (AvgIpc) is 2.80. The SMILES string of the molecule is COc1ccc(Br)cc1/C=C/c1nc2sc(C)c(C)c2c(=O)[nH]1. The lowest BCUT2D eigenvalue weighted by Gasteiger charge is -2.04. The largest absolute Gasteiger partial charge is 0.496 e. The number of hydrogen-bond donors (Lipinski definition) is 1. The van der Waals surface area contributed by atoms with Crippen molar-refractivity contribution in [1.82, 2.24) is 9.97 Å². The summed E-state index contributed by atoms with van der Waals surface area (Å²) < 4.78 is 6.30. The first kappa shape index (κ1) is 16.0. The summed E-state index contributed by atoms with van der Waals surface area (Å²) in [5.74, 6) is 1.29. The Morgan fingerprint density at radius 3 is 2.83 bits per heavy atom. The molecule has 6 heteroatoms. The van der Waals surface area contributed by atoms with Gasteiger partial charge >= 0.3 is 0 Å². The highest BCUT2D eigenvalue weighted by Gasteiger charge is 2.10. The molecule has 0 aliphatic heterocycles. The zero-order chi connectivity index (χ0) is 16.6. The van der Waals surface area contributed by atoms with Crippen LogP contribution in [0, 0.1) is 13.8 Å². The Kier molecular flexibility index (Phi) is 4.37. The third-order valence-corrected chi connectivity index (χ3v) is 5.26.